The summed E-state index contributed by atoms with van der Waals surface area (Å²) in [7, 11) is 0. The number of ether oxygens (including phenoxy) is 1. The van der Waals surface area contributed by atoms with Crippen LogP contribution in [-0.4, -0.2) is 46.9 Å². The predicted octanol–water partition coefficient (Wildman–Crippen LogP) is 16.5. The van der Waals surface area contributed by atoms with Crippen LogP contribution in [0.15, 0.2) is 97.2 Å². The van der Waals surface area contributed by atoms with Gasteiger partial charge in [-0.3, -0.25) is 9.59 Å². The number of aliphatic hydroxyl groups is 2. The maximum atomic E-state index is 13.2. The van der Waals surface area contributed by atoms with Crippen molar-refractivity contribution in [2.75, 3.05) is 6.61 Å². The summed E-state index contributed by atoms with van der Waals surface area (Å²) in [6, 6.07) is -0.726. The zero-order valence-corrected chi connectivity index (χ0v) is 42.3. The van der Waals surface area contributed by atoms with Crippen LogP contribution in [-0.2, 0) is 14.3 Å². The maximum absolute atomic E-state index is 13.2. The summed E-state index contributed by atoms with van der Waals surface area (Å²) in [5.74, 6) is -0.544. The molecule has 0 heterocycles. The molecule has 0 spiro atoms. The molecule has 0 radical (unpaired) electrons. The van der Waals surface area contributed by atoms with Gasteiger partial charge in [-0.05, 0) is 70.6 Å². The van der Waals surface area contributed by atoms with Gasteiger partial charge in [0.05, 0.1) is 25.2 Å². The van der Waals surface area contributed by atoms with Crippen LogP contribution in [0.5, 0.6) is 0 Å². The Morgan fingerprint density at radius 1 is 0.462 bits per heavy atom. The molecular weight excluding hydrogens is 803 g/mol. The molecule has 0 aromatic carbocycles. The van der Waals surface area contributed by atoms with Gasteiger partial charge in [0.1, 0.15) is 6.10 Å². The van der Waals surface area contributed by atoms with Gasteiger partial charge in [0.25, 0.3) is 0 Å². The van der Waals surface area contributed by atoms with E-state index in [1.54, 1.807) is 0 Å². The van der Waals surface area contributed by atoms with Crippen molar-refractivity contribution in [1.82, 2.24) is 5.32 Å². The van der Waals surface area contributed by atoms with Gasteiger partial charge in [0, 0.05) is 6.42 Å². The highest BCUT2D eigenvalue weighted by atomic mass is 16.5. The van der Waals surface area contributed by atoms with Crippen molar-refractivity contribution in [3.63, 3.8) is 0 Å². The lowest BCUT2D eigenvalue weighted by atomic mass is 10.0. The second-order valence-electron chi connectivity index (χ2n) is 18.1. The Labute approximate surface area is 401 Å². The first-order valence-electron chi connectivity index (χ1n) is 27.1. The lowest BCUT2D eigenvalue weighted by Crippen LogP contribution is -2.46. The van der Waals surface area contributed by atoms with Crippen LogP contribution in [0, 0.1) is 0 Å². The van der Waals surface area contributed by atoms with Crippen LogP contribution in [0.25, 0.3) is 0 Å². The van der Waals surface area contributed by atoms with Crippen molar-refractivity contribution < 1.29 is 24.5 Å². The van der Waals surface area contributed by atoms with Crippen LogP contribution in [0.3, 0.4) is 0 Å². The van der Waals surface area contributed by atoms with Crippen LogP contribution in [0.2, 0.25) is 0 Å². The first kappa shape index (κ1) is 61.8. The van der Waals surface area contributed by atoms with Gasteiger partial charge in [-0.25, -0.2) is 0 Å². The Bertz CT molecular complexity index is 1290. The number of hydrogen-bond donors (Lipinski definition) is 3. The SMILES string of the molecule is CC/C=C/C=C/C=C/C=C\CCCCCC(CC(=O)NC(CO)C(O)CCCCCCCCCCCCCCCCC)OC(=O)CCCCCCC/C=C/C=C/C=C/C=C/CCCCC. The summed E-state index contributed by atoms with van der Waals surface area (Å²) in [6.07, 6.45) is 68.9. The Hall–Kier alpha value is -3.22. The zero-order chi connectivity index (χ0) is 47.4. The molecule has 372 valence electrons. The molecule has 0 aliphatic carbocycles. The number of hydrogen-bond acceptors (Lipinski definition) is 5. The van der Waals surface area contributed by atoms with E-state index in [4.69, 9.17) is 4.74 Å². The summed E-state index contributed by atoms with van der Waals surface area (Å²) < 4.78 is 5.91. The normalized spacial score (nSPS) is 14.0. The van der Waals surface area contributed by atoms with Gasteiger partial charge in [-0.15, -0.1) is 0 Å². The Morgan fingerprint density at radius 3 is 1.31 bits per heavy atom. The molecule has 0 rings (SSSR count). The molecule has 3 N–H and O–H groups in total. The van der Waals surface area contributed by atoms with Gasteiger partial charge in [-0.1, -0.05) is 253 Å². The molecule has 3 unspecified atom stereocenters. The number of carbonyl (C=O) groups excluding carboxylic acids is 2. The Balaban J connectivity index is 4.66. The van der Waals surface area contributed by atoms with Crippen molar-refractivity contribution in [2.24, 2.45) is 0 Å². The summed E-state index contributed by atoms with van der Waals surface area (Å²) >= 11 is 0. The summed E-state index contributed by atoms with van der Waals surface area (Å²) in [5.41, 5.74) is 0. The lowest BCUT2D eigenvalue weighted by molar-refractivity contribution is -0.151. The van der Waals surface area contributed by atoms with Crippen LogP contribution < -0.4 is 5.32 Å². The number of allylic oxidation sites excluding steroid dienone is 16. The van der Waals surface area contributed by atoms with E-state index >= 15 is 0 Å². The number of rotatable bonds is 47. The molecule has 0 saturated heterocycles. The topological polar surface area (TPSA) is 95.9 Å². The fourth-order valence-corrected chi connectivity index (χ4v) is 7.75. The minimum atomic E-state index is -0.809. The van der Waals surface area contributed by atoms with Crippen molar-refractivity contribution in [2.45, 2.75) is 257 Å². The number of unbranched alkanes of at least 4 members (excludes halogenated alkanes) is 25. The molecular formula is C59H101NO5. The molecule has 3 atom stereocenters. The monoisotopic (exact) mass is 904 g/mol. The average molecular weight is 904 g/mol. The van der Waals surface area contributed by atoms with E-state index in [0.29, 0.717) is 19.3 Å². The van der Waals surface area contributed by atoms with E-state index in [9.17, 15) is 19.8 Å². The zero-order valence-electron chi connectivity index (χ0n) is 42.3. The number of carbonyl (C=O) groups is 2. The van der Waals surface area contributed by atoms with E-state index in [2.05, 4.69) is 99.0 Å². The number of nitrogens with one attached hydrogen (secondary N) is 1. The van der Waals surface area contributed by atoms with E-state index < -0.39 is 18.2 Å². The smallest absolute Gasteiger partial charge is 0.306 e. The summed E-state index contributed by atoms with van der Waals surface area (Å²) in [4.78, 5) is 26.2. The predicted molar refractivity (Wildman–Crippen MR) is 282 cm³/mol. The van der Waals surface area contributed by atoms with Gasteiger partial charge in [-0.2, -0.15) is 0 Å². The Morgan fingerprint density at radius 2 is 0.831 bits per heavy atom. The molecule has 0 aliphatic heterocycles. The van der Waals surface area contributed by atoms with Crippen LogP contribution in [0.1, 0.15) is 239 Å². The van der Waals surface area contributed by atoms with Gasteiger partial charge in [0.15, 0.2) is 0 Å². The third-order valence-corrected chi connectivity index (χ3v) is 11.8. The first-order valence-corrected chi connectivity index (χ1v) is 27.1. The van der Waals surface area contributed by atoms with Crippen LogP contribution >= 0.6 is 0 Å². The number of esters is 1. The van der Waals surface area contributed by atoms with E-state index in [1.807, 2.05) is 24.3 Å². The lowest BCUT2D eigenvalue weighted by Gasteiger charge is -2.24. The van der Waals surface area contributed by atoms with Crippen molar-refractivity contribution in [3.8, 4) is 0 Å². The van der Waals surface area contributed by atoms with Crippen molar-refractivity contribution >= 4 is 11.9 Å². The average Bonchev–Trinajstić information content (AvgIpc) is 3.30. The largest absolute Gasteiger partial charge is 0.462 e. The van der Waals surface area contributed by atoms with E-state index in [0.717, 1.165) is 96.3 Å². The minimum Gasteiger partial charge on any atom is -0.462 e. The molecule has 0 aliphatic rings. The Kier molecular flexibility index (Phi) is 49.2. The van der Waals surface area contributed by atoms with Crippen LogP contribution in [0.4, 0.5) is 0 Å². The molecule has 0 saturated carbocycles. The fourth-order valence-electron chi connectivity index (χ4n) is 7.75. The highest BCUT2D eigenvalue weighted by molar-refractivity contribution is 5.77. The van der Waals surface area contributed by atoms with Crippen molar-refractivity contribution in [3.05, 3.63) is 97.2 Å². The highest BCUT2D eigenvalue weighted by Gasteiger charge is 2.24. The molecule has 6 nitrogen and oxygen atoms in total. The van der Waals surface area contributed by atoms with E-state index in [-0.39, 0.29) is 24.9 Å². The summed E-state index contributed by atoms with van der Waals surface area (Å²) in [6.45, 7) is 6.29. The molecule has 0 bridgehead atoms. The van der Waals surface area contributed by atoms with E-state index in [1.165, 1.54) is 96.3 Å². The van der Waals surface area contributed by atoms with Gasteiger partial charge in [0.2, 0.25) is 5.91 Å². The highest BCUT2D eigenvalue weighted by Crippen LogP contribution is 2.17. The number of amides is 1. The quantitative estimate of drug-likeness (QED) is 0.0321. The molecule has 1 amide bonds. The standard InChI is InChI=1S/C59H101NO5/c1-4-7-10-13-16-19-22-25-27-28-29-31-34-37-40-43-46-49-52-59(64)65-55(50-47-44-41-38-35-32-24-21-18-15-12-9-6-3)53-58(63)60-56(54-61)57(62)51-48-45-42-39-36-33-30-26-23-20-17-14-11-8-5-2/h9,12,15-16,18-19,21-22,24-25,27-29,31-32,35,55-57,61-62H,4-8,10-11,13-14,17,20,23,26,30,33-34,36-54H2,1-3H3,(H,60,63)/b12-9+,18-15+,19-16+,24-21+,25-22+,28-27+,31-29+,35-32-. The second-order valence-corrected chi connectivity index (χ2v) is 18.1. The molecule has 0 aromatic heterocycles. The van der Waals surface area contributed by atoms with Gasteiger partial charge < -0.3 is 20.3 Å². The third kappa shape index (κ3) is 47.1. The molecule has 6 heteroatoms. The number of aliphatic hydroxyl groups excluding tert-OH is 2. The molecule has 65 heavy (non-hydrogen) atoms. The maximum Gasteiger partial charge on any atom is 0.306 e. The summed E-state index contributed by atoms with van der Waals surface area (Å²) in [5, 5.41) is 23.8. The minimum absolute atomic E-state index is 0.0365. The van der Waals surface area contributed by atoms with Gasteiger partial charge >= 0.3 is 5.97 Å². The third-order valence-electron chi connectivity index (χ3n) is 11.8. The molecule has 0 fully saturated rings. The molecule has 0 aromatic rings. The second kappa shape index (κ2) is 51.8. The van der Waals surface area contributed by atoms with Crippen molar-refractivity contribution in [1.29, 1.82) is 0 Å². The fraction of sp³-hybridized carbons (Fsp3) is 0.695. The first-order chi connectivity index (χ1) is 32.0.